The summed E-state index contributed by atoms with van der Waals surface area (Å²) in [6.45, 7) is 0. The summed E-state index contributed by atoms with van der Waals surface area (Å²) in [7, 11) is 0. The average Bonchev–Trinajstić information content (AvgIpc) is 2.50. The Morgan fingerprint density at radius 3 is 2.00 bits per heavy atom. The van der Waals surface area contributed by atoms with Crippen LogP contribution in [-0.2, 0) is 0 Å². The minimum Gasteiger partial charge on any atom is -0.198 e. The molecule has 0 fully saturated rings. The summed E-state index contributed by atoms with van der Waals surface area (Å²) < 4.78 is 0. The number of benzene rings is 2. The van der Waals surface area contributed by atoms with Crippen LogP contribution < -0.4 is 0 Å². The van der Waals surface area contributed by atoms with E-state index in [1.807, 2.05) is 12.1 Å². The molecule has 0 saturated heterocycles. The predicted octanol–water partition coefficient (Wildman–Crippen LogP) is 5.95. The number of nitrogens with zero attached hydrogens (tertiary/aromatic N) is 2. The quantitative estimate of drug-likeness (QED) is 0.684. The van der Waals surface area contributed by atoms with Crippen LogP contribution in [0.25, 0.3) is 0 Å². The van der Waals surface area contributed by atoms with E-state index >= 15 is 0 Å². The molecule has 2 aromatic rings. The summed E-state index contributed by atoms with van der Waals surface area (Å²) >= 11 is 18.3. The molecule has 0 N–H and O–H groups in total. The molecule has 0 aliphatic heterocycles. The first-order chi connectivity index (χ1) is 10.6. The van der Waals surface area contributed by atoms with Crippen LogP contribution in [-0.4, -0.2) is 0 Å². The van der Waals surface area contributed by atoms with Crippen molar-refractivity contribution in [3.63, 3.8) is 0 Å². The predicted molar refractivity (Wildman–Crippen MR) is 89.2 cm³/mol. The first-order valence-electron chi connectivity index (χ1n) is 6.54. The molecule has 2 atom stereocenters. The molecule has 110 valence electrons. The van der Waals surface area contributed by atoms with Gasteiger partial charge in [0.05, 0.1) is 18.1 Å². The highest BCUT2D eigenvalue weighted by atomic mass is 35.5. The van der Waals surface area contributed by atoms with Gasteiger partial charge in [-0.15, -0.1) is 0 Å². The number of rotatable bonds is 4. The van der Waals surface area contributed by atoms with Gasteiger partial charge in [0.15, 0.2) is 0 Å². The first kappa shape index (κ1) is 16.7. The third-order valence-corrected chi connectivity index (χ3v) is 4.37. The molecule has 2 nitrogen and oxygen atoms in total. The zero-order valence-electron chi connectivity index (χ0n) is 11.4. The molecule has 5 heteroatoms. The normalized spacial score (nSPS) is 13.0. The minimum absolute atomic E-state index is 0.182. The summed E-state index contributed by atoms with van der Waals surface area (Å²) in [4.78, 5) is 0. The van der Waals surface area contributed by atoms with Gasteiger partial charge >= 0.3 is 0 Å². The standard InChI is InChI=1S/C17H11Cl3N2/c18-12-6-4-11(5-7-12)13(8-9-21)14(10-22)17-15(19)2-1-3-16(17)20/h1-7,13-14H,8H2/t13-,14-/m0/s1. The Morgan fingerprint density at radius 2 is 1.50 bits per heavy atom. The molecule has 0 aromatic heterocycles. The molecule has 0 bridgehead atoms. The van der Waals surface area contributed by atoms with Crippen LogP contribution in [0.4, 0.5) is 0 Å². The molecule has 0 spiro atoms. The summed E-state index contributed by atoms with van der Waals surface area (Å²) in [5.41, 5.74) is 1.41. The van der Waals surface area contributed by atoms with E-state index in [1.165, 1.54) is 0 Å². The molecule has 0 amide bonds. The lowest BCUT2D eigenvalue weighted by Gasteiger charge is -2.22. The van der Waals surface area contributed by atoms with Gasteiger partial charge < -0.3 is 0 Å². The molecule has 2 aromatic carbocycles. The largest absolute Gasteiger partial charge is 0.198 e. The van der Waals surface area contributed by atoms with Crippen LogP contribution in [0.5, 0.6) is 0 Å². The Kier molecular flexibility index (Phi) is 5.69. The fourth-order valence-electron chi connectivity index (χ4n) is 2.40. The van der Waals surface area contributed by atoms with E-state index in [9.17, 15) is 5.26 Å². The van der Waals surface area contributed by atoms with Crippen molar-refractivity contribution < 1.29 is 0 Å². The van der Waals surface area contributed by atoms with Crippen LogP contribution >= 0.6 is 34.8 Å². The molecular weight excluding hydrogens is 339 g/mol. The lowest BCUT2D eigenvalue weighted by atomic mass is 9.80. The molecule has 0 aliphatic carbocycles. The number of halogens is 3. The molecule has 0 saturated carbocycles. The highest BCUT2D eigenvalue weighted by Crippen LogP contribution is 2.41. The average molecular weight is 350 g/mol. The fraction of sp³-hybridized carbons (Fsp3) is 0.176. The molecule has 0 heterocycles. The van der Waals surface area contributed by atoms with Gasteiger partial charge in [-0.05, 0) is 29.8 Å². The summed E-state index contributed by atoms with van der Waals surface area (Å²) in [6.07, 6.45) is 0.182. The second kappa shape index (κ2) is 7.52. The van der Waals surface area contributed by atoms with E-state index in [2.05, 4.69) is 12.1 Å². The van der Waals surface area contributed by atoms with E-state index in [-0.39, 0.29) is 12.3 Å². The molecule has 2 rings (SSSR count). The Hall–Kier alpha value is -1.71. The van der Waals surface area contributed by atoms with Crippen LogP contribution in [0.2, 0.25) is 15.1 Å². The van der Waals surface area contributed by atoms with E-state index in [0.717, 1.165) is 5.56 Å². The first-order valence-corrected chi connectivity index (χ1v) is 7.67. The monoisotopic (exact) mass is 348 g/mol. The Morgan fingerprint density at radius 1 is 0.909 bits per heavy atom. The van der Waals surface area contributed by atoms with E-state index in [0.29, 0.717) is 20.6 Å². The van der Waals surface area contributed by atoms with Crippen molar-refractivity contribution in [3.8, 4) is 12.1 Å². The highest BCUT2D eigenvalue weighted by Gasteiger charge is 2.28. The van der Waals surface area contributed by atoms with Crippen molar-refractivity contribution in [3.05, 3.63) is 68.7 Å². The molecule has 22 heavy (non-hydrogen) atoms. The van der Waals surface area contributed by atoms with Crippen molar-refractivity contribution >= 4 is 34.8 Å². The minimum atomic E-state index is -0.609. The van der Waals surface area contributed by atoms with E-state index in [4.69, 9.17) is 40.1 Å². The van der Waals surface area contributed by atoms with Crippen molar-refractivity contribution in [1.29, 1.82) is 10.5 Å². The fourth-order valence-corrected chi connectivity index (χ4v) is 3.16. The van der Waals surface area contributed by atoms with Gasteiger partial charge in [0.1, 0.15) is 0 Å². The van der Waals surface area contributed by atoms with E-state index < -0.39 is 5.92 Å². The van der Waals surface area contributed by atoms with Crippen molar-refractivity contribution in [2.24, 2.45) is 0 Å². The third kappa shape index (κ3) is 3.54. The van der Waals surface area contributed by atoms with Crippen LogP contribution in [0, 0.1) is 22.7 Å². The van der Waals surface area contributed by atoms with Gasteiger partial charge in [0, 0.05) is 33.0 Å². The van der Waals surface area contributed by atoms with Crippen LogP contribution in [0.15, 0.2) is 42.5 Å². The SMILES string of the molecule is N#CC[C@@H](c1ccc(Cl)cc1)[C@H](C#N)c1c(Cl)cccc1Cl. The molecule has 0 radical (unpaired) electrons. The lowest BCUT2D eigenvalue weighted by molar-refractivity contribution is 0.641. The van der Waals surface area contributed by atoms with Crippen molar-refractivity contribution in [2.75, 3.05) is 0 Å². The Bertz CT molecular complexity index is 722. The van der Waals surface area contributed by atoms with Crippen LogP contribution in [0.1, 0.15) is 29.4 Å². The van der Waals surface area contributed by atoms with Gasteiger partial charge in [-0.1, -0.05) is 53.0 Å². The smallest absolute Gasteiger partial charge is 0.0820 e. The van der Waals surface area contributed by atoms with Gasteiger partial charge in [-0.2, -0.15) is 10.5 Å². The van der Waals surface area contributed by atoms with Gasteiger partial charge in [-0.25, -0.2) is 0 Å². The maximum atomic E-state index is 9.64. The number of hydrogen-bond acceptors (Lipinski definition) is 2. The summed E-state index contributed by atoms with van der Waals surface area (Å²) in [5.74, 6) is -0.938. The van der Waals surface area contributed by atoms with Gasteiger partial charge in [0.25, 0.3) is 0 Å². The van der Waals surface area contributed by atoms with Crippen LogP contribution in [0.3, 0.4) is 0 Å². The topological polar surface area (TPSA) is 47.6 Å². The Balaban J connectivity index is 2.52. The molecule has 0 unspecified atom stereocenters. The second-order valence-corrected chi connectivity index (χ2v) is 6.01. The zero-order valence-corrected chi connectivity index (χ0v) is 13.7. The van der Waals surface area contributed by atoms with Gasteiger partial charge in [0.2, 0.25) is 0 Å². The summed E-state index contributed by atoms with van der Waals surface area (Å²) in [6, 6.07) is 16.6. The summed E-state index contributed by atoms with van der Waals surface area (Å²) in [5, 5.41) is 20.2. The molecule has 0 aliphatic rings. The van der Waals surface area contributed by atoms with Crippen molar-refractivity contribution in [1.82, 2.24) is 0 Å². The maximum Gasteiger partial charge on any atom is 0.0820 e. The van der Waals surface area contributed by atoms with E-state index in [1.54, 1.807) is 30.3 Å². The second-order valence-electron chi connectivity index (χ2n) is 4.76. The lowest BCUT2D eigenvalue weighted by Crippen LogP contribution is -2.11. The van der Waals surface area contributed by atoms with Gasteiger partial charge in [-0.3, -0.25) is 0 Å². The maximum absolute atomic E-state index is 9.64. The Labute approximate surface area is 144 Å². The molecular formula is C17H11Cl3N2. The number of nitriles is 2. The number of hydrogen-bond donors (Lipinski definition) is 0. The third-order valence-electron chi connectivity index (χ3n) is 3.46. The highest BCUT2D eigenvalue weighted by molar-refractivity contribution is 6.36. The zero-order chi connectivity index (χ0) is 16.1. The van der Waals surface area contributed by atoms with Crippen molar-refractivity contribution in [2.45, 2.75) is 18.3 Å².